The summed E-state index contributed by atoms with van der Waals surface area (Å²) < 4.78 is 37.2. The van der Waals surface area contributed by atoms with E-state index in [4.69, 9.17) is 9.47 Å². The molecular weight excluding hydrogens is 432 g/mol. The normalized spacial score (nSPS) is 15.2. The van der Waals surface area contributed by atoms with Gasteiger partial charge < -0.3 is 14.8 Å². The van der Waals surface area contributed by atoms with Gasteiger partial charge in [0.2, 0.25) is 10.0 Å². The van der Waals surface area contributed by atoms with Crippen molar-refractivity contribution in [2.75, 3.05) is 32.1 Å². The summed E-state index contributed by atoms with van der Waals surface area (Å²) in [5.41, 5.74) is 2.82. The molecule has 1 aliphatic heterocycles. The molecule has 8 nitrogen and oxygen atoms in total. The van der Waals surface area contributed by atoms with Crippen LogP contribution in [0, 0.1) is 19.8 Å². The molecule has 2 aromatic rings. The van der Waals surface area contributed by atoms with Crippen molar-refractivity contribution in [2.24, 2.45) is 5.92 Å². The van der Waals surface area contributed by atoms with Crippen LogP contribution in [0.1, 0.15) is 24.0 Å². The van der Waals surface area contributed by atoms with Crippen LogP contribution in [0.3, 0.4) is 0 Å². The molecular formula is C23H28N2O6S. The minimum atomic E-state index is -3.64. The van der Waals surface area contributed by atoms with Crippen LogP contribution in [0.4, 0.5) is 5.69 Å². The molecule has 1 amide bonds. The Hall–Kier alpha value is -2.91. The van der Waals surface area contributed by atoms with Crippen molar-refractivity contribution in [1.29, 1.82) is 0 Å². The molecule has 172 valence electrons. The molecule has 2 aromatic carbocycles. The van der Waals surface area contributed by atoms with Crippen molar-refractivity contribution in [2.45, 2.75) is 31.6 Å². The van der Waals surface area contributed by atoms with E-state index in [0.717, 1.165) is 11.1 Å². The number of benzene rings is 2. The first-order chi connectivity index (χ1) is 15.2. The summed E-state index contributed by atoms with van der Waals surface area (Å²) in [7, 11) is -2.13. The van der Waals surface area contributed by atoms with E-state index in [-0.39, 0.29) is 24.6 Å². The van der Waals surface area contributed by atoms with E-state index < -0.39 is 27.8 Å². The number of methoxy groups -OCH3 is 1. The van der Waals surface area contributed by atoms with E-state index in [1.165, 1.54) is 23.5 Å². The molecule has 0 atom stereocenters. The summed E-state index contributed by atoms with van der Waals surface area (Å²) >= 11 is 0. The van der Waals surface area contributed by atoms with Crippen LogP contribution in [-0.2, 0) is 24.3 Å². The molecule has 9 heteroatoms. The third-order valence-electron chi connectivity index (χ3n) is 5.62. The zero-order chi connectivity index (χ0) is 23.3. The standard InChI is InChI=1S/C23H28N2O6S/c1-16-4-5-19(14-17(16)2)24-22(26)15-31-23(27)18-10-12-25(13-11-18)32(28,29)21-8-6-20(30-3)7-9-21/h4-9,14,18H,10-13,15H2,1-3H3,(H,24,26). The number of hydrogen-bond acceptors (Lipinski definition) is 6. The van der Waals surface area contributed by atoms with Crippen molar-refractivity contribution >= 4 is 27.6 Å². The maximum atomic E-state index is 12.8. The molecule has 0 aromatic heterocycles. The Bertz CT molecular complexity index is 1070. The predicted octanol–water partition coefficient (Wildman–Crippen LogP) is 2.89. The van der Waals surface area contributed by atoms with Crippen LogP contribution >= 0.6 is 0 Å². The third kappa shape index (κ3) is 5.66. The molecule has 0 radical (unpaired) electrons. The zero-order valence-corrected chi connectivity index (χ0v) is 19.3. The van der Waals surface area contributed by atoms with Crippen LogP contribution in [0.15, 0.2) is 47.4 Å². The van der Waals surface area contributed by atoms with Crippen molar-refractivity contribution < 1.29 is 27.5 Å². The maximum absolute atomic E-state index is 12.8. The van der Waals surface area contributed by atoms with Crippen molar-refractivity contribution in [3.8, 4) is 5.75 Å². The highest BCUT2D eigenvalue weighted by atomic mass is 32.2. The van der Waals surface area contributed by atoms with E-state index in [1.807, 2.05) is 26.0 Å². The van der Waals surface area contributed by atoms with Gasteiger partial charge in [-0.2, -0.15) is 4.31 Å². The Morgan fingerprint density at radius 2 is 1.69 bits per heavy atom. The van der Waals surface area contributed by atoms with Gasteiger partial charge in [0.05, 0.1) is 17.9 Å². The highest BCUT2D eigenvalue weighted by Crippen LogP contribution is 2.26. The SMILES string of the molecule is COc1ccc(S(=O)(=O)N2CCC(C(=O)OCC(=O)Nc3ccc(C)c(C)c3)CC2)cc1. The quantitative estimate of drug-likeness (QED) is 0.638. The number of nitrogens with one attached hydrogen (secondary N) is 1. The van der Waals surface area contributed by atoms with Gasteiger partial charge in [0.1, 0.15) is 5.75 Å². The monoisotopic (exact) mass is 460 g/mol. The third-order valence-corrected chi connectivity index (χ3v) is 7.53. The van der Waals surface area contributed by atoms with Crippen LogP contribution in [0.5, 0.6) is 5.75 Å². The number of piperidine rings is 1. The molecule has 0 spiro atoms. The Kier molecular flexibility index (Phi) is 7.52. The number of carbonyl (C=O) groups is 2. The van der Waals surface area contributed by atoms with Gasteiger partial charge in [-0.15, -0.1) is 0 Å². The number of aryl methyl sites for hydroxylation is 2. The number of sulfonamides is 1. The van der Waals surface area contributed by atoms with E-state index in [1.54, 1.807) is 18.2 Å². The first kappa shape index (κ1) is 23.7. The number of esters is 1. The number of nitrogens with zero attached hydrogens (tertiary/aromatic N) is 1. The molecule has 0 aliphatic carbocycles. The first-order valence-electron chi connectivity index (χ1n) is 10.4. The van der Waals surface area contributed by atoms with Gasteiger partial charge >= 0.3 is 5.97 Å². The maximum Gasteiger partial charge on any atom is 0.309 e. The van der Waals surface area contributed by atoms with Crippen molar-refractivity contribution in [3.63, 3.8) is 0 Å². The second-order valence-electron chi connectivity index (χ2n) is 7.81. The lowest BCUT2D eigenvalue weighted by Gasteiger charge is -2.30. The molecule has 32 heavy (non-hydrogen) atoms. The molecule has 1 N–H and O–H groups in total. The molecule has 1 fully saturated rings. The number of carbonyl (C=O) groups excluding carboxylic acids is 2. The topological polar surface area (TPSA) is 102 Å². The minimum absolute atomic E-state index is 0.183. The summed E-state index contributed by atoms with van der Waals surface area (Å²) in [4.78, 5) is 24.6. The highest BCUT2D eigenvalue weighted by Gasteiger charge is 2.33. The highest BCUT2D eigenvalue weighted by molar-refractivity contribution is 7.89. The van der Waals surface area contributed by atoms with E-state index in [0.29, 0.717) is 24.3 Å². The van der Waals surface area contributed by atoms with E-state index in [2.05, 4.69) is 5.32 Å². The zero-order valence-electron chi connectivity index (χ0n) is 18.5. The number of hydrogen-bond donors (Lipinski definition) is 1. The summed E-state index contributed by atoms with van der Waals surface area (Å²) in [5.74, 6) is -0.762. The fraction of sp³-hybridized carbons (Fsp3) is 0.391. The van der Waals surface area contributed by atoms with Crippen molar-refractivity contribution in [1.82, 2.24) is 4.31 Å². The molecule has 3 rings (SSSR count). The van der Waals surface area contributed by atoms with Gasteiger partial charge in [-0.25, -0.2) is 8.42 Å². The Balaban J connectivity index is 1.48. The van der Waals surface area contributed by atoms with Gasteiger partial charge in [0.15, 0.2) is 6.61 Å². The summed E-state index contributed by atoms with van der Waals surface area (Å²) in [6.07, 6.45) is 0.681. The lowest BCUT2D eigenvalue weighted by molar-refractivity contribution is -0.152. The van der Waals surface area contributed by atoms with Gasteiger partial charge in [0.25, 0.3) is 5.91 Å². The minimum Gasteiger partial charge on any atom is -0.497 e. The van der Waals surface area contributed by atoms with Gasteiger partial charge in [-0.1, -0.05) is 6.07 Å². The van der Waals surface area contributed by atoms with E-state index >= 15 is 0 Å². The summed E-state index contributed by atoms with van der Waals surface area (Å²) in [6.45, 7) is 3.98. The fourth-order valence-electron chi connectivity index (χ4n) is 3.50. The summed E-state index contributed by atoms with van der Waals surface area (Å²) in [5, 5.41) is 2.71. The lowest BCUT2D eigenvalue weighted by atomic mass is 9.98. The average Bonchev–Trinajstić information content (AvgIpc) is 2.80. The molecule has 1 aliphatic rings. The van der Waals surface area contributed by atoms with Crippen LogP contribution < -0.4 is 10.1 Å². The molecule has 0 saturated carbocycles. The van der Waals surface area contributed by atoms with Gasteiger partial charge in [0, 0.05) is 18.8 Å². The van der Waals surface area contributed by atoms with Crippen LogP contribution in [-0.4, -0.2) is 51.4 Å². The summed E-state index contributed by atoms with van der Waals surface area (Å²) in [6, 6.07) is 11.8. The lowest BCUT2D eigenvalue weighted by Crippen LogP contribution is -2.40. The second kappa shape index (κ2) is 10.1. The average molecular weight is 461 g/mol. The largest absolute Gasteiger partial charge is 0.497 e. The van der Waals surface area contributed by atoms with Crippen LogP contribution in [0.25, 0.3) is 0 Å². The number of rotatable bonds is 7. The van der Waals surface area contributed by atoms with E-state index in [9.17, 15) is 18.0 Å². The Labute approximate surface area is 188 Å². The van der Waals surface area contributed by atoms with Gasteiger partial charge in [-0.05, 0) is 74.2 Å². The fourth-order valence-corrected chi connectivity index (χ4v) is 4.97. The molecule has 1 saturated heterocycles. The van der Waals surface area contributed by atoms with Crippen molar-refractivity contribution in [3.05, 3.63) is 53.6 Å². The molecule has 0 unspecified atom stereocenters. The smallest absolute Gasteiger partial charge is 0.309 e. The van der Waals surface area contributed by atoms with Crippen LogP contribution in [0.2, 0.25) is 0 Å². The Morgan fingerprint density at radius 1 is 1.03 bits per heavy atom. The number of ether oxygens (including phenoxy) is 2. The number of amides is 1. The second-order valence-corrected chi connectivity index (χ2v) is 9.75. The first-order valence-corrected chi connectivity index (χ1v) is 11.8. The predicted molar refractivity (Wildman–Crippen MR) is 120 cm³/mol. The number of anilines is 1. The Morgan fingerprint density at radius 3 is 2.28 bits per heavy atom. The molecule has 0 bridgehead atoms. The van der Waals surface area contributed by atoms with Gasteiger partial charge in [-0.3, -0.25) is 9.59 Å². The molecule has 1 heterocycles.